The van der Waals surface area contributed by atoms with E-state index in [0.29, 0.717) is 19.6 Å². The lowest BCUT2D eigenvalue weighted by Crippen LogP contribution is -2.26. The number of ether oxygens (including phenoxy) is 1. The number of carbonyl (C=O) groups is 1. The van der Waals surface area contributed by atoms with Crippen molar-refractivity contribution in [3.8, 4) is 0 Å². The molecule has 0 atom stereocenters. The number of fused-ring (bicyclic) bond motifs is 1. The second kappa shape index (κ2) is 6.38. The third-order valence-electron chi connectivity index (χ3n) is 3.01. The molecule has 0 fully saturated rings. The van der Waals surface area contributed by atoms with Crippen molar-refractivity contribution >= 4 is 16.9 Å². The van der Waals surface area contributed by atoms with Gasteiger partial charge in [-0.25, -0.2) is 0 Å². The summed E-state index contributed by atoms with van der Waals surface area (Å²) in [5.74, 6) is 0.0133. The first kappa shape index (κ1) is 13.6. The fourth-order valence-corrected chi connectivity index (χ4v) is 2.01. The highest BCUT2D eigenvalue weighted by Crippen LogP contribution is 2.22. The average Bonchev–Trinajstić information content (AvgIpc) is 2.77. The van der Waals surface area contributed by atoms with E-state index < -0.39 is 0 Å². The molecule has 1 N–H and O–H groups in total. The van der Waals surface area contributed by atoms with E-state index >= 15 is 0 Å². The summed E-state index contributed by atoms with van der Waals surface area (Å²) in [4.78, 5) is 11.8. The zero-order valence-corrected chi connectivity index (χ0v) is 11.4. The quantitative estimate of drug-likeness (QED) is 0.812. The highest BCUT2D eigenvalue weighted by atomic mass is 16.5. The van der Waals surface area contributed by atoms with E-state index in [1.807, 2.05) is 25.1 Å². The van der Waals surface area contributed by atoms with Gasteiger partial charge >= 0.3 is 0 Å². The Bertz CT molecular complexity index is 560. The fourth-order valence-electron chi connectivity index (χ4n) is 2.01. The number of carbonyl (C=O) groups excluding carboxylic acids is 1. The van der Waals surface area contributed by atoms with E-state index in [2.05, 4.69) is 5.32 Å². The summed E-state index contributed by atoms with van der Waals surface area (Å²) in [5.41, 5.74) is 2.92. The standard InChI is InChI=1S/C15H19NO3/c1-11-4-5-13-12(10-19-14(13)8-11)9-15(17)16-6-3-7-18-2/h4-5,8,10H,3,6-7,9H2,1-2H3,(H,16,17). The average molecular weight is 261 g/mol. The number of nitrogens with one attached hydrogen (secondary N) is 1. The lowest BCUT2D eigenvalue weighted by Gasteiger charge is -2.03. The van der Waals surface area contributed by atoms with Crippen molar-refractivity contribution in [2.75, 3.05) is 20.3 Å². The molecule has 4 heteroatoms. The van der Waals surface area contributed by atoms with Crippen LogP contribution in [0.1, 0.15) is 17.5 Å². The Morgan fingerprint density at radius 1 is 1.42 bits per heavy atom. The Labute approximate surface area is 112 Å². The van der Waals surface area contributed by atoms with Crippen molar-refractivity contribution in [2.24, 2.45) is 0 Å². The maximum absolute atomic E-state index is 11.8. The molecule has 0 saturated carbocycles. The number of hydrogen-bond acceptors (Lipinski definition) is 3. The number of methoxy groups -OCH3 is 1. The Morgan fingerprint density at radius 2 is 2.26 bits per heavy atom. The molecule has 0 radical (unpaired) electrons. The van der Waals surface area contributed by atoms with Crippen LogP contribution in [0.15, 0.2) is 28.9 Å². The second-order valence-corrected chi connectivity index (χ2v) is 4.63. The van der Waals surface area contributed by atoms with Crippen LogP contribution in [0.4, 0.5) is 0 Å². The van der Waals surface area contributed by atoms with Gasteiger partial charge in [-0.2, -0.15) is 0 Å². The number of rotatable bonds is 6. The summed E-state index contributed by atoms with van der Waals surface area (Å²) in [5, 5.41) is 3.88. The maximum atomic E-state index is 11.8. The van der Waals surface area contributed by atoms with Crippen molar-refractivity contribution in [3.63, 3.8) is 0 Å². The van der Waals surface area contributed by atoms with Crippen LogP contribution in [0.25, 0.3) is 11.0 Å². The molecule has 0 spiro atoms. The van der Waals surface area contributed by atoms with Gasteiger partial charge in [-0.3, -0.25) is 4.79 Å². The van der Waals surface area contributed by atoms with Crippen LogP contribution in [0.5, 0.6) is 0 Å². The number of amides is 1. The highest BCUT2D eigenvalue weighted by Gasteiger charge is 2.10. The molecule has 1 heterocycles. The van der Waals surface area contributed by atoms with Crippen LogP contribution in [0.3, 0.4) is 0 Å². The third kappa shape index (κ3) is 3.58. The van der Waals surface area contributed by atoms with Crippen molar-refractivity contribution in [1.29, 1.82) is 0 Å². The van der Waals surface area contributed by atoms with E-state index in [-0.39, 0.29) is 5.91 Å². The number of furan rings is 1. The molecule has 2 rings (SSSR count). The molecule has 1 aromatic heterocycles. The third-order valence-corrected chi connectivity index (χ3v) is 3.01. The van der Waals surface area contributed by atoms with E-state index in [0.717, 1.165) is 28.5 Å². The van der Waals surface area contributed by atoms with Crippen LogP contribution in [-0.2, 0) is 16.0 Å². The summed E-state index contributed by atoms with van der Waals surface area (Å²) in [7, 11) is 1.65. The molecule has 102 valence electrons. The predicted octanol–water partition coefficient (Wildman–Crippen LogP) is 2.44. The first-order chi connectivity index (χ1) is 9.20. The molecule has 4 nitrogen and oxygen atoms in total. The molecule has 0 aliphatic rings. The Morgan fingerprint density at radius 3 is 3.05 bits per heavy atom. The molecule has 19 heavy (non-hydrogen) atoms. The smallest absolute Gasteiger partial charge is 0.224 e. The van der Waals surface area contributed by atoms with Gasteiger partial charge in [0.25, 0.3) is 0 Å². The second-order valence-electron chi connectivity index (χ2n) is 4.63. The molecule has 2 aromatic rings. The van der Waals surface area contributed by atoms with E-state index in [1.165, 1.54) is 0 Å². The van der Waals surface area contributed by atoms with Gasteiger partial charge in [0.1, 0.15) is 5.58 Å². The maximum Gasteiger partial charge on any atom is 0.224 e. The molecule has 0 saturated heterocycles. The monoisotopic (exact) mass is 261 g/mol. The molecule has 1 amide bonds. The molecule has 0 aliphatic carbocycles. The lowest BCUT2D eigenvalue weighted by molar-refractivity contribution is -0.120. The van der Waals surface area contributed by atoms with Crippen LogP contribution in [-0.4, -0.2) is 26.2 Å². The SMILES string of the molecule is COCCCNC(=O)Cc1coc2cc(C)ccc12. The van der Waals surface area contributed by atoms with Crippen molar-refractivity contribution < 1.29 is 13.9 Å². The molecule has 0 aliphatic heterocycles. The predicted molar refractivity (Wildman–Crippen MR) is 74.2 cm³/mol. The van der Waals surface area contributed by atoms with Crippen molar-refractivity contribution in [1.82, 2.24) is 5.32 Å². The molecular weight excluding hydrogens is 242 g/mol. The van der Waals surface area contributed by atoms with Gasteiger partial charge in [-0.1, -0.05) is 12.1 Å². The minimum absolute atomic E-state index is 0.0133. The normalized spacial score (nSPS) is 10.8. The van der Waals surface area contributed by atoms with Crippen LogP contribution >= 0.6 is 0 Å². The number of benzene rings is 1. The van der Waals surface area contributed by atoms with Gasteiger partial charge in [0.05, 0.1) is 12.7 Å². The Kier molecular flexibility index (Phi) is 4.58. The topological polar surface area (TPSA) is 51.5 Å². The van der Waals surface area contributed by atoms with Gasteiger partial charge in [-0.15, -0.1) is 0 Å². The van der Waals surface area contributed by atoms with Gasteiger partial charge in [0, 0.05) is 31.2 Å². The van der Waals surface area contributed by atoms with E-state index in [1.54, 1.807) is 13.4 Å². The summed E-state index contributed by atoms with van der Waals surface area (Å²) >= 11 is 0. The molecular formula is C15H19NO3. The zero-order chi connectivity index (χ0) is 13.7. The first-order valence-corrected chi connectivity index (χ1v) is 6.43. The molecule has 1 aromatic carbocycles. The van der Waals surface area contributed by atoms with E-state index in [9.17, 15) is 4.79 Å². The number of hydrogen-bond donors (Lipinski definition) is 1. The molecule has 0 unspecified atom stereocenters. The zero-order valence-electron chi connectivity index (χ0n) is 11.4. The lowest BCUT2D eigenvalue weighted by atomic mass is 10.1. The number of aryl methyl sites for hydroxylation is 1. The van der Waals surface area contributed by atoms with Gasteiger partial charge in [0.2, 0.25) is 5.91 Å². The summed E-state index contributed by atoms with van der Waals surface area (Å²) in [6.07, 6.45) is 2.84. The van der Waals surface area contributed by atoms with Gasteiger partial charge in [-0.05, 0) is 25.0 Å². The summed E-state index contributed by atoms with van der Waals surface area (Å²) in [6.45, 7) is 3.32. The van der Waals surface area contributed by atoms with Crippen LogP contribution in [0, 0.1) is 6.92 Å². The van der Waals surface area contributed by atoms with Gasteiger partial charge in [0.15, 0.2) is 0 Å². The van der Waals surface area contributed by atoms with Crippen molar-refractivity contribution in [3.05, 3.63) is 35.6 Å². The largest absolute Gasteiger partial charge is 0.464 e. The molecule has 0 bridgehead atoms. The minimum Gasteiger partial charge on any atom is -0.464 e. The highest BCUT2D eigenvalue weighted by molar-refractivity contribution is 5.87. The fraction of sp³-hybridized carbons (Fsp3) is 0.400. The van der Waals surface area contributed by atoms with Crippen LogP contribution < -0.4 is 5.32 Å². The van der Waals surface area contributed by atoms with Crippen molar-refractivity contribution in [2.45, 2.75) is 19.8 Å². The first-order valence-electron chi connectivity index (χ1n) is 6.43. The Hall–Kier alpha value is -1.81. The van der Waals surface area contributed by atoms with E-state index in [4.69, 9.17) is 9.15 Å². The van der Waals surface area contributed by atoms with Crippen LogP contribution in [0.2, 0.25) is 0 Å². The summed E-state index contributed by atoms with van der Waals surface area (Å²) in [6, 6.07) is 6.01. The minimum atomic E-state index is 0.0133. The van der Waals surface area contributed by atoms with Gasteiger partial charge < -0.3 is 14.5 Å². The Balaban J connectivity index is 1.95. The summed E-state index contributed by atoms with van der Waals surface area (Å²) < 4.78 is 10.4.